The van der Waals surface area contributed by atoms with Crippen LogP contribution in [0.25, 0.3) is 10.8 Å². The van der Waals surface area contributed by atoms with Gasteiger partial charge in [-0.05, 0) is 31.5 Å². The molecule has 0 unspecified atom stereocenters. The fourth-order valence-corrected chi connectivity index (χ4v) is 4.27. The molecule has 164 valence electrons. The number of aromatic nitrogens is 2. The molecule has 0 saturated heterocycles. The van der Waals surface area contributed by atoms with Crippen molar-refractivity contribution in [3.8, 4) is 11.8 Å². The van der Waals surface area contributed by atoms with E-state index in [4.69, 9.17) is 16.2 Å². The van der Waals surface area contributed by atoms with E-state index in [9.17, 15) is 10.1 Å². The average Bonchev–Trinajstić information content (AvgIpc) is 3.10. The summed E-state index contributed by atoms with van der Waals surface area (Å²) in [5.74, 6) is 2.25. The molecule has 0 saturated carbocycles. The number of carbonyl (C=O) groups is 1. The van der Waals surface area contributed by atoms with Crippen LogP contribution in [0.4, 0.5) is 23.3 Å². The molecular weight excluding hydrogens is 406 g/mol. The Morgan fingerprint density at radius 3 is 2.50 bits per heavy atom. The van der Waals surface area contributed by atoms with Crippen molar-refractivity contribution in [2.24, 2.45) is 0 Å². The standard InChI is InChI=1S/C23H25N7O2/c1-4-29(5-2)22-16(11-24)18-15-10-17(31)30(12-13-6-8-14(32-3)9-7-13)23(15)28-21(26)19(18)20(25)27-22/h6-9H,4-5,10,12H2,1-3H3,(H2,25,27)(H2,26,28)/p+1. The fourth-order valence-electron chi connectivity index (χ4n) is 4.27. The largest absolute Gasteiger partial charge is 0.497 e. The Morgan fingerprint density at radius 2 is 1.91 bits per heavy atom. The van der Waals surface area contributed by atoms with Crippen LogP contribution < -0.4 is 31.0 Å². The lowest BCUT2D eigenvalue weighted by atomic mass is 10.0. The number of nitrogens with two attached hydrogens (primary N) is 2. The number of anilines is 4. The predicted octanol–water partition coefficient (Wildman–Crippen LogP) is 2.03. The highest BCUT2D eigenvalue weighted by atomic mass is 16.5. The summed E-state index contributed by atoms with van der Waals surface area (Å²) in [6.45, 7) is 5.73. The van der Waals surface area contributed by atoms with E-state index in [1.165, 1.54) is 0 Å². The van der Waals surface area contributed by atoms with E-state index >= 15 is 0 Å². The molecule has 1 aliphatic rings. The Morgan fingerprint density at radius 1 is 1.22 bits per heavy atom. The molecule has 0 aliphatic carbocycles. The maximum Gasteiger partial charge on any atom is 0.240 e. The van der Waals surface area contributed by atoms with Gasteiger partial charge in [-0.3, -0.25) is 14.6 Å². The number of rotatable bonds is 6. The molecule has 5 N–H and O–H groups in total. The summed E-state index contributed by atoms with van der Waals surface area (Å²) in [5.41, 5.74) is 14.6. The molecule has 1 aromatic carbocycles. The average molecular weight is 433 g/mol. The number of amides is 1. The van der Waals surface area contributed by atoms with Gasteiger partial charge in [-0.25, -0.2) is 9.97 Å². The number of nitrogens with zero attached hydrogens (tertiary/aromatic N) is 4. The van der Waals surface area contributed by atoms with Crippen LogP contribution in [-0.4, -0.2) is 31.1 Å². The Kier molecular flexibility index (Phi) is 5.45. The van der Waals surface area contributed by atoms with Crippen molar-refractivity contribution in [1.29, 1.82) is 5.26 Å². The van der Waals surface area contributed by atoms with E-state index in [-0.39, 0.29) is 18.1 Å². The van der Waals surface area contributed by atoms with Crippen LogP contribution >= 0.6 is 0 Å². The maximum atomic E-state index is 13.0. The number of ether oxygens (including phenoxy) is 1. The van der Waals surface area contributed by atoms with Crippen molar-refractivity contribution < 1.29 is 14.5 Å². The Balaban J connectivity index is 1.91. The van der Waals surface area contributed by atoms with Crippen molar-refractivity contribution in [2.75, 3.05) is 41.5 Å². The van der Waals surface area contributed by atoms with Gasteiger partial charge in [0, 0.05) is 10.9 Å². The number of hydrogen-bond acceptors (Lipinski definition) is 7. The number of fused-ring (bicyclic) bond motifs is 3. The molecule has 4 rings (SSSR count). The van der Waals surface area contributed by atoms with Gasteiger partial charge in [-0.1, -0.05) is 12.1 Å². The summed E-state index contributed by atoms with van der Waals surface area (Å²) in [7, 11) is 1.61. The molecule has 9 heteroatoms. The number of nitriles is 1. The molecule has 0 fully saturated rings. The van der Waals surface area contributed by atoms with Crippen molar-refractivity contribution in [1.82, 2.24) is 4.98 Å². The lowest BCUT2D eigenvalue weighted by Gasteiger charge is -2.20. The second-order valence-electron chi connectivity index (χ2n) is 7.60. The lowest BCUT2D eigenvalue weighted by molar-refractivity contribution is -0.344. The highest BCUT2D eigenvalue weighted by Gasteiger charge is 2.35. The fraction of sp³-hybridized carbons (Fsp3) is 0.304. The number of nitrogen functional groups attached to an aromatic ring is 2. The Bertz CT molecular complexity index is 1240. The highest BCUT2D eigenvalue weighted by Crippen LogP contribution is 2.41. The first-order valence-electron chi connectivity index (χ1n) is 10.5. The first-order chi connectivity index (χ1) is 15.4. The van der Waals surface area contributed by atoms with Crippen LogP contribution in [0.5, 0.6) is 5.75 Å². The van der Waals surface area contributed by atoms with Crippen LogP contribution in [-0.2, 0) is 17.8 Å². The zero-order chi connectivity index (χ0) is 23.0. The zero-order valence-corrected chi connectivity index (χ0v) is 18.4. The molecule has 1 amide bonds. The van der Waals surface area contributed by atoms with Gasteiger partial charge in [0.25, 0.3) is 0 Å². The van der Waals surface area contributed by atoms with Crippen molar-refractivity contribution in [3.63, 3.8) is 0 Å². The third kappa shape index (κ3) is 3.30. The maximum absolute atomic E-state index is 13.0. The SMILES string of the molecule is CCN(CC)c1[nH+]c(N)c2c(N)nc3c(c2c1C#N)CC(=O)N3Cc1ccc(OC)cc1. The molecule has 3 heterocycles. The predicted molar refractivity (Wildman–Crippen MR) is 123 cm³/mol. The van der Waals surface area contributed by atoms with Gasteiger partial charge in [0.05, 0.1) is 38.6 Å². The topological polar surface area (TPSA) is 136 Å². The van der Waals surface area contributed by atoms with Crippen molar-refractivity contribution in [2.45, 2.75) is 26.8 Å². The molecule has 32 heavy (non-hydrogen) atoms. The minimum Gasteiger partial charge on any atom is -0.497 e. The molecule has 9 nitrogen and oxygen atoms in total. The van der Waals surface area contributed by atoms with Crippen molar-refractivity contribution >= 4 is 40.0 Å². The quantitative estimate of drug-likeness (QED) is 0.608. The van der Waals surface area contributed by atoms with Gasteiger partial charge >= 0.3 is 0 Å². The van der Waals surface area contributed by atoms with Crippen molar-refractivity contribution in [3.05, 3.63) is 41.0 Å². The van der Waals surface area contributed by atoms with Crippen LogP contribution in [0, 0.1) is 11.3 Å². The molecule has 0 radical (unpaired) electrons. The summed E-state index contributed by atoms with van der Waals surface area (Å²) >= 11 is 0. The molecule has 1 aliphatic heterocycles. The summed E-state index contributed by atoms with van der Waals surface area (Å²) in [5, 5.41) is 11.2. The Hall–Kier alpha value is -4.06. The minimum atomic E-state index is -0.102. The van der Waals surface area contributed by atoms with E-state index in [1.54, 1.807) is 12.0 Å². The second kappa shape index (κ2) is 8.23. The first-order valence-corrected chi connectivity index (χ1v) is 10.5. The monoisotopic (exact) mass is 432 g/mol. The second-order valence-corrected chi connectivity index (χ2v) is 7.60. The number of hydrogen-bond donors (Lipinski definition) is 2. The molecule has 0 atom stereocenters. The van der Waals surface area contributed by atoms with Crippen LogP contribution in [0.15, 0.2) is 24.3 Å². The van der Waals surface area contributed by atoms with E-state index in [2.05, 4.69) is 16.0 Å². The number of pyridine rings is 2. The smallest absolute Gasteiger partial charge is 0.240 e. The number of methoxy groups -OCH3 is 1. The number of aromatic amines is 1. The third-order valence-electron chi connectivity index (χ3n) is 5.89. The summed E-state index contributed by atoms with van der Waals surface area (Å²) < 4.78 is 5.21. The van der Waals surface area contributed by atoms with E-state index in [0.717, 1.165) is 11.3 Å². The minimum absolute atomic E-state index is 0.102. The summed E-state index contributed by atoms with van der Waals surface area (Å²) in [6.07, 6.45) is 0.130. The number of nitrogens with one attached hydrogen (secondary N) is 1. The van der Waals surface area contributed by atoms with Gasteiger partial charge in [0.15, 0.2) is 0 Å². The molecule has 3 aromatic rings. The zero-order valence-electron chi connectivity index (χ0n) is 18.4. The van der Waals surface area contributed by atoms with E-state index < -0.39 is 0 Å². The Labute approximate surface area is 186 Å². The van der Waals surface area contributed by atoms with Crippen LogP contribution in [0.3, 0.4) is 0 Å². The summed E-state index contributed by atoms with van der Waals surface area (Å²) in [4.78, 5) is 24.3. The van der Waals surface area contributed by atoms with E-state index in [0.29, 0.717) is 59.0 Å². The van der Waals surface area contributed by atoms with Gasteiger partial charge in [0.1, 0.15) is 29.0 Å². The first kappa shape index (κ1) is 21.2. The van der Waals surface area contributed by atoms with Gasteiger partial charge in [-0.2, -0.15) is 5.26 Å². The van der Waals surface area contributed by atoms with E-state index in [1.807, 2.05) is 43.0 Å². The number of carbonyl (C=O) groups excluding carboxylic acids is 1. The highest BCUT2D eigenvalue weighted by molar-refractivity contribution is 6.12. The van der Waals surface area contributed by atoms with Gasteiger partial charge in [0.2, 0.25) is 17.5 Å². The number of H-pyrrole nitrogens is 1. The molecule has 2 aromatic heterocycles. The number of benzene rings is 1. The summed E-state index contributed by atoms with van der Waals surface area (Å²) in [6, 6.07) is 9.81. The molecule has 0 spiro atoms. The van der Waals surface area contributed by atoms with Crippen LogP contribution in [0.1, 0.15) is 30.5 Å². The molecular formula is C23H26N7O2+. The van der Waals surface area contributed by atoms with Gasteiger partial charge < -0.3 is 16.2 Å². The normalized spacial score (nSPS) is 12.7. The molecule has 0 bridgehead atoms. The lowest BCUT2D eigenvalue weighted by Crippen LogP contribution is -2.31. The van der Waals surface area contributed by atoms with Crippen LogP contribution in [0.2, 0.25) is 0 Å². The van der Waals surface area contributed by atoms with Gasteiger partial charge in [-0.15, -0.1) is 0 Å². The third-order valence-corrected chi connectivity index (χ3v) is 5.89.